The molecule has 2 rings (SSSR count). The van der Waals surface area contributed by atoms with Crippen molar-refractivity contribution in [1.29, 1.82) is 0 Å². The molecule has 2 aromatic carbocycles. The summed E-state index contributed by atoms with van der Waals surface area (Å²) in [5.74, 6) is 0.369. The predicted molar refractivity (Wildman–Crippen MR) is 88.8 cm³/mol. The maximum atomic E-state index is 11.6. The molecule has 0 aliphatic carbocycles. The van der Waals surface area contributed by atoms with Crippen molar-refractivity contribution in [3.63, 3.8) is 0 Å². The van der Waals surface area contributed by atoms with Crippen molar-refractivity contribution in [2.24, 2.45) is 5.10 Å². The van der Waals surface area contributed by atoms with E-state index in [0.29, 0.717) is 5.75 Å². The summed E-state index contributed by atoms with van der Waals surface area (Å²) < 4.78 is 5.37. The monoisotopic (exact) mass is 294 g/mol. The molecule has 0 saturated carbocycles. The van der Waals surface area contributed by atoms with Crippen molar-refractivity contribution in [2.75, 3.05) is 6.61 Å². The number of rotatable bonds is 6. The van der Waals surface area contributed by atoms with E-state index in [1.165, 1.54) is 6.21 Å². The van der Waals surface area contributed by atoms with Crippen LogP contribution in [0.25, 0.3) is 6.08 Å². The molecule has 1 N–H and O–H groups in total. The average molecular weight is 294 g/mol. The number of carbonyl (C=O) groups excluding carboxylic acids is 1. The molecule has 1 amide bonds. The van der Waals surface area contributed by atoms with Crippen LogP contribution in [0.5, 0.6) is 5.75 Å². The molecule has 0 spiro atoms. The molecular formula is C18H18N2O2. The Kier molecular flexibility index (Phi) is 5.93. The van der Waals surface area contributed by atoms with Crippen LogP contribution in [0.15, 0.2) is 65.8 Å². The lowest BCUT2D eigenvalue weighted by Crippen LogP contribution is -2.24. The number of carbonyl (C=O) groups is 1. The highest BCUT2D eigenvalue weighted by Gasteiger charge is 2.00. The van der Waals surface area contributed by atoms with Crippen LogP contribution in [0.2, 0.25) is 0 Å². The number of ether oxygens (including phenoxy) is 1. The minimum absolute atomic E-state index is 0.0663. The summed E-state index contributed by atoms with van der Waals surface area (Å²) in [7, 11) is 0. The summed E-state index contributed by atoms with van der Waals surface area (Å²) in [4.78, 5) is 11.6. The second kappa shape index (κ2) is 8.42. The Labute approximate surface area is 130 Å². The first-order valence-corrected chi connectivity index (χ1v) is 6.97. The van der Waals surface area contributed by atoms with Crippen LogP contribution in [0, 0.1) is 6.92 Å². The van der Waals surface area contributed by atoms with Gasteiger partial charge in [-0.15, -0.1) is 0 Å². The molecule has 0 unspecified atom stereocenters. The molecule has 4 heteroatoms. The zero-order chi connectivity index (χ0) is 15.6. The molecule has 0 fully saturated rings. The number of amides is 1. The third kappa shape index (κ3) is 5.63. The van der Waals surface area contributed by atoms with Gasteiger partial charge in [0.15, 0.2) is 6.61 Å². The van der Waals surface area contributed by atoms with Crippen LogP contribution in [0.4, 0.5) is 0 Å². The van der Waals surface area contributed by atoms with E-state index < -0.39 is 0 Å². The Balaban J connectivity index is 1.71. The molecule has 112 valence electrons. The molecule has 0 heterocycles. The van der Waals surface area contributed by atoms with Crippen LogP contribution >= 0.6 is 0 Å². The molecule has 0 aliphatic heterocycles. The number of allylic oxidation sites excluding steroid dienone is 1. The van der Waals surface area contributed by atoms with Crippen molar-refractivity contribution in [3.8, 4) is 5.75 Å². The average Bonchev–Trinajstić information content (AvgIpc) is 2.54. The number of aryl methyl sites for hydroxylation is 1. The number of hydrazone groups is 1. The lowest BCUT2D eigenvalue weighted by atomic mass is 10.2. The summed E-state index contributed by atoms with van der Waals surface area (Å²) >= 11 is 0. The van der Waals surface area contributed by atoms with Gasteiger partial charge in [-0.1, -0.05) is 48.5 Å². The number of hydrogen-bond acceptors (Lipinski definition) is 3. The smallest absolute Gasteiger partial charge is 0.277 e. The Morgan fingerprint density at radius 3 is 2.77 bits per heavy atom. The number of benzene rings is 2. The standard InChI is InChI=1S/C18H18N2O2/c1-15-7-5-11-17(13-15)22-14-18(21)20-19-12-6-10-16-8-3-2-4-9-16/h2-13H,14H2,1H3,(H,20,21)/b10-6+,19-12+. The van der Waals surface area contributed by atoms with Crippen molar-refractivity contribution in [1.82, 2.24) is 5.43 Å². The first-order chi connectivity index (χ1) is 10.7. The van der Waals surface area contributed by atoms with Gasteiger partial charge in [-0.2, -0.15) is 5.10 Å². The van der Waals surface area contributed by atoms with Gasteiger partial charge in [0, 0.05) is 6.21 Å². The Hall–Kier alpha value is -2.88. The normalized spacial score (nSPS) is 11.0. The van der Waals surface area contributed by atoms with E-state index in [2.05, 4.69) is 10.5 Å². The fourth-order valence-electron chi connectivity index (χ4n) is 1.76. The van der Waals surface area contributed by atoms with Gasteiger partial charge in [-0.3, -0.25) is 4.79 Å². The van der Waals surface area contributed by atoms with Crippen molar-refractivity contribution in [3.05, 3.63) is 71.8 Å². The van der Waals surface area contributed by atoms with Gasteiger partial charge in [0.1, 0.15) is 5.75 Å². The molecule has 0 atom stereocenters. The first-order valence-electron chi connectivity index (χ1n) is 6.97. The van der Waals surface area contributed by atoms with Crippen molar-refractivity contribution < 1.29 is 9.53 Å². The second-order valence-corrected chi connectivity index (χ2v) is 4.69. The highest BCUT2D eigenvalue weighted by atomic mass is 16.5. The van der Waals surface area contributed by atoms with E-state index >= 15 is 0 Å². The van der Waals surface area contributed by atoms with Crippen LogP contribution in [-0.4, -0.2) is 18.7 Å². The Morgan fingerprint density at radius 1 is 1.18 bits per heavy atom. The van der Waals surface area contributed by atoms with Gasteiger partial charge in [-0.05, 0) is 36.3 Å². The zero-order valence-corrected chi connectivity index (χ0v) is 12.4. The van der Waals surface area contributed by atoms with E-state index in [0.717, 1.165) is 11.1 Å². The lowest BCUT2D eigenvalue weighted by molar-refractivity contribution is -0.123. The Bertz CT molecular complexity index is 664. The summed E-state index contributed by atoms with van der Waals surface area (Å²) in [6, 6.07) is 17.4. The van der Waals surface area contributed by atoms with E-state index in [-0.39, 0.29) is 12.5 Å². The number of nitrogens with zero attached hydrogens (tertiary/aromatic N) is 1. The Morgan fingerprint density at radius 2 is 2.00 bits per heavy atom. The molecule has 2 aromatic rings. The third-order valence-corrected chi connectivity index (χ3v) is 2.80. The minimum atomic E-state index is -0.300. The molecule has 0 bridgehead atoms. The second-order valence-electron chi connectivity index (χ2n) is 4.69. The highest BCUT2D eigenvalue weighted by molar-refractivity contribution is 5.81. The van der Waals surface area contributed by atoms with Gasteiger partial charge < -0.3 is 4.74 Å². The quantitative estimate of drug-likeness (QED) is 0.657. The zero-order valence-electron chi connectivity index (χ0n) is 12.4. The number of nitrogens with one attached hydrogen (secondary N) is 1. The molecule has 0 radical (unpaired) electrons. The van der Waals surface area contributed by atoms with Crippen LogP contribution in [-0.2, 0) is 4.79 Å². The van der Waals surface area contributed by atoms with Crippen molar-refractivity contribution >= 4 is 18.2 Å². The third-order valence-electron chi connectivity index (χ3n) is 2.80. The fourth-order valence-corrected chi connectivity index (χ4v) is 1.76. The lowest BCUT2D eigenvalue weighted by Gasteiger charge is -2.05. The molecule has 22 heavy (non-hydrogen) atoms. The molecule has 0 saturated heterocycles. The van der Waals surface area contributed by atoms with Gasteiger partial charge in [0.2, 0.25) is 0 Å². The van der Waals surface area contributed by atoms with Crippen LogP contribution in [0.3, 0.4) is 0 Å². The molecule has 0 aliphatic rings. The maximum Gasteiger partial charge on any atom is 0.277 e. The van der Waals surface area contributed by atoms with Gasteiger partial charge in [0.05, 0.1) is 0 Å². The van der Waals surface area contributed by atoms with E-state index in [1.54, 1.807) is 6.08 Å². The minimum Gasteiger partial charge on any atom is -0.484 e. The van der Waals surface area contributed by atoms with E-state index in [4.69, 9.17) is 4.74 Å². The van der Waals surface area contributed by atoms with Gasteiger partial charge in [0.25, 0.3) is 5.91 Å². The van der Waals surface area contributed by atoms with Crippen molar-refractivity contribution in [2.45, 2.75) is 6.92 Å². The highest BCUT2D eigenvalue weighted by Crippen LogP contribution is 2.11. The van der Waals surface area contributed by atoms with E-state index in [9.17, 15) is 4.79 Å². The van der Waals surface area contributed by atoms with Gasteiger partial charge in [-0.25, -0.2) is 5.43 Å². The van der Waals surface area contributed by atoms with Crippen LogP contribution < -0.4 is 10.2 Å². The topological polar surface area (TPSA) is 50.7 Å². The molecular weight excluding hydrogens is 276 g/mol. The first kappa shape index (κ1) is 15.5. The van der Waals surface area contributed by atoms with E-state index in [1.807, 2.05) is 67.6 Å². The molecule has 0 aromatic heterocycles. The van der Waals surface area contributed by atoms with Gasteiger partial charge >= 0.3 is 0 Å². The SMILES string of the molecule is Cc1cccc(OCC(=O)N/N=C/C=C/c2ccccc2)c1. The summed E-state index contributed by atoms with van der Waals surface area (Å²) in [5, 5.41) is 3.82. The molecule has 4 nitrogen and oxygen atoms in total. The summed E-state index contributed by atoms with van der Waals surface area (Å²) in [6.45, 7) is 1.90. The maximum absolute atomic E-state index is 11.6. The largest absolute Gasteiger partial charge is 0.484 e. The predicted octanol–water partition coefficient (Wildman–Crippen LogP) is 3.19. The van der Waals surface area contributed by atoms with Crippen LogP contribution in [0.1, 0.15) is 11.1 Å². The summed E-state index contributed by atoms with van der Waals surface area (Å²) in [5.41, 5.74) is 4.57. The number of hydrogen-bond donors (Lipinski definition) is 1. The summed E-state index contributed by atoms with van der Waals surface area (Å²) in [6.07, 6.45) is 5.19. The fraction of sp³-hybridized carbons (Fsp3) is 0.111.